The number of carbonyl (C=O) groups excluding carboxylic acids is 1. The number of hydrogen-bond donors (Lipinski definition) is 0. The van der Waals surface area contributed by atoms with Gasteiger partial charge in [-0.1, -0.05) is 17.2 Å². The predicted molar refractivity (Wildman–Crippen MR) is 77.1 cm³/mol. The lowest BCUT2D eigenvalue weighted by Crippen LogP contribution is -2.42. The van der Waals surface area contributed by atoms with Crippen molar-refractivity contribution in [1.82, 2.24) is 0 Å². The van der Waals surface area contributed by atoms with Crippen LogP contribution in [0.3, 0.4) is 0 Å². The van der Waals surface area contributed by atoms with Crippen molar-refractivity contribution in [3.63, 3.8) is 0 Å². The molecule has 2 aliphatic rings. The summed E-state index contributed by atoms with van der Waals surface area (Å²) in [5.74, 6) is 0.345. The van der Waals surface area contributed by atoms with E-state index in [2.05, 4.69) is 6.07 Å². The maximum atomic E-state index is 12.7. The van der Waals surface area contributed by atoms with Crippen molar-refractivity contribution in [2.24, 2.45) is 5.92 Å². The molecule has 3 heteroatoms. The molecular weight excluding hydrogens is 252 g/mol. The minimum absolute atomic E-state index is 0.0756. The van der Waals surface area contributed by atoms with Gasteiger partial charge in [0.1, 0.15) is 0 Å². The van der Waals surface area contributed by atoms with Gasteiger partial charge in [-0.25, -0.2) is 0 Å². The Bertz CT molecular complexity index is 495. The van der Waals surface area contributed by atoms with Gasteiger partial charge >= 0.3 is 0 Å². The zero-order chi connectivity index (χ0) is 14.2. The highest BCUT2D eigenvalue weighted by atomic mass is 16.6. The van der Waals surface area contributed by atoms with Crippen molar-refractivity contribution in [3.05, 3.63) is 34.9 Å². The molecule has 1 spiro atoms. The Morgan fingerprint density at radius 2 is 1.95 bits per heavy atom. The van der Waals surface area contributed by atoms with Crippen LogP contribution in [-0.4, -0.2) is 31.2 Å². The number of ketones is 1. The lowest BCUT2D eigenvalue weighted by molar-refractivity contribution is -0.0920. The first-order valence-electron chi connectivity index (χ1n) is 7.42. The van der Waals surface area contributed by atoms with Gasteiger partial charge in [-0.2, -0.15) is 0 Å². The first-order valence-corrected chi connectivity index (χ1v) is 7.42. The average molecular weight is 274 g/mol. The monoisotopic (exact) mass is 274 g/mol. The molecule has 108 valence electrons. The molecular formula is C17H22O3. The summed E-state index contributed by atoms with van der Waals surface area (Å²) in [7, 11) is 0. The topological polar surface area (TPSA) is 35.5 Å². The summed E-state index contributed by atoms with van der Waals surface area (Å²) in [5.41, 5.74) is 2.96. The third-order valence-electron chi connectivity index (χ3n) is 4.44. The van der Waals surface area contributed by atoms with E-state index >= 15 is 0 Å². The number of Topliss-reactive ketones (excluding diaryl/α,β-unsaturated/α-hetero) is 1. The Hall–Kier alpha value is -1.19. The molecule has 3 nitrogen and oxygen atoms in total. The molecule has 0 radical (unpaired) electrons. The number of ether oxygens (including phenoxy) is 2. The van der Waals surface area contributed by atoms with Gasteiger partial charge in [-0.3, -0.25) is 4.79 Å². The molecule has 2 unspecified atom stereocenters. The molecule has 2 fully saturated rings. The van der Waals surface area contributed by atoms with Crippen molar-refractivity contribution >= 4 is 5.78 Å². The van der Waals surface area contributed by atoms with E-state index in [4.69, 9.17) is 9.47 Å². The van der Waals surface area contributed by atoms with Gasteiger partial charge < -0.3 is 9.47 Å². The van der Waals surface area contributed by atoms with E-state index in [1.54, 1.807) is 0 Å². The summed E-state index contributed by atoms with van der Waals surface area (Å²) in [6, 6.07) is 6.11. The summed E-state index contributed by atoms with van der Waals surface area (Å²) in [6.45, 7) is 6.15. The molecule has 0 N–H and O–H groups in total. The molecule has 20 heavy (non-hydrogen) atoms. The normalized spacial score (nSPS) is 29.8. The smallest absolute Gasteiger partial charge is 0.166 e. The van der Waals surface area contributed by atoms with Gasteiger partial charge in [0.05, 0.1) is 12.2 Å². The van der Waals surface area contributed by atoms with E-state index in [0.717, 1.165) is 42.6 Å². The summed E-state index contributed by atoms with van der Waals surface area (Å²) in [6.07, 6.45) is 2.55. The van der Waals surface area contributed by atoms with Crippen LogP contribution in [0.25, 0.3) is 0 Å². The van der Waals surface area contributed by atoms with Gasteiger partial charge in [-0.05, 0) is 38.8 Å². The van der Waals surface area contributed by atoms with E-state index in [1.807, 2.05) is 26.0 Å². The molecule has 0 aromatic heterocycles. The largest absolute Gasteiger partial charge is 0.378 e. The summed E-state index contributed by atoms with van der Waals surface area (Å²) >= 11 is 0. The third kappa shape index (κ3) is 2.65. The molecule has 1 aromatic rings. The predicted octanol–water partition coefficient (Wildman–Crippen LogP) is 3.07. The lowest BCUT2D eigenvalue weighted by atomic mass is 9.81. The van der Waals surface area contributed by atoms with Crippen LogP contribution in [-0.2, 0) is 9.47 Å². The standard InChI is InChI=1S/C17H22O3/c1-12-7-13(2)9-15(8-12)16(18)14-3-5-20-17(10-14)4-6-19-11-17/h7-9,14H,3-6,10-11H2,1-2H3. The number of carbonyl (C=O) groups is 1. The Morgan fingerprint density at radius 1 is 1.20 bits per heavy atom. The fourth-order valence-corrected chi connectivity index (χ4v) is 3.47. The van der Waals surface area contributed by atoms with Crippen molar-refractivity contribution in [2.75, 3.05) is 19.8 Å². The molecule has 2 atom stereocenters. The van der Waals surface area contributed by atoms with Crippen LogP contribution >= 0.6 is 0 Å². The second kappa shape index (κ2) is 5.30. The zero-order valence-electron chi connectivity index (χ0n) is 12.3. The maximum Gasteiger partial charge on any atom is 0.166 e. The quantitative estimate of drug-likeness (QED) is 0.777. The number of aryl methyl sites for hydroxylation is 2. The van der Waals surface area contributed by atoms with Gasteiger partial charge in [0.15, 0.2) is 5.78 Å². The van der Waals surface area contributed by atoms with E-state index in [9.17, 15) is 4.79 Å². The molecule has 2 aliphatic heterocycles. The van der Waals surface area contributed by atoms with E-state index in [0.29, 0.717) is 13.2 Å². The first kappa shape index (κ1) is 13.8. The van der Waals surface area contributed by atoms with E-state index in [-0.39, 0.29) is 17.3 Å². The van der Waals surface area contributed by atoms with Crippen LogP contribution < -0.4 is 0 Å². The molecule has 0 aliphatic carbocycles. The Balaban J connectivity index is 1.79. The summed E-state index contributed by atoms with van der Waals surface area (Å²) < 4.78 is 11.4. The van der Waals surface area contributed by atoms with Crippen LogP contribution in [0, 0.1) is 19.8 Å². The average Bonchev–Trinajstić information content (AvgIpc) is 2.85. The van der Waals surface area contributed by atoms with Crippen molar-refractivity contribution in [2.45, 2.75) is 38.7 Å². The molecule has 2 heterocycles. The van der Waals surface area contributed by atoms with Gasteiger partial charge in [-0.15, -0.1) is 0 Å². The number of benzene rings is 1. The summed E-state index contributed by atoms with van der Waals surface area (Å²) in [5, 5.41) is 0. The molecule has 3 rings (SSSR count). The van der Waals surface area contributed by atoms with E-state index in [1.165, 1.54) is 0 Å². The third-order valence-corrected chi connectivity index (χ3v) is 4.44. The highest BCUT2D eigenvalue weighted by molar-refractivity contribution is 5.98. The number of hydrogen-bond acceptors (Lipinski definition) is 3. The summed E-state index contributed by atoms with van der Waals surface area (Å²) in [4.78, 5) is 12.7. The highest BCUT2D eigenvalue weighted by Gasteiger charge is 2.43. The van der Waals surface area contributed by atoms with Gasteiger partial charge in [0.25, 0.3) is 0 Å². The highest BCUT2D eigenvalue weighted by Crippen LogP contribution is 2.37. The second-order valence-corrected chi connectivity index (χ2v) is 6.26. The van der Waals surface area contributed by atoms with Crippen molar-refractivity contribution in [3.8, 4) is 0 Å². The van der Waals surface area contributed by atoms with E-state index < -0.39 is 0 Å². The molecule has 0 saturated carbocycles. The molecule has 1 aromatic carbocycles. The minimum atomic E-state index is -0.197. The van der Waals surface area contributed by atoms with Crippen LogP contribution in [0.2, 0.25) is 0 Å². The first-order chi connectivity index (χ1) is 9.58. The fraction of sp³-hybridized carbons (Fsp3) is 0.588. The van der Waals surface area contributed by atoms with Crippen molar-refractivity contribution < 1.29 is 14.3 Å². The molecule has 0 bridgehead atoms. The van der Waals surface area contributed by atoms with Crippen LogP contribution in [0.4, 0.5) is 0 Å². The Labute approximate surface area is 120 Å². The SMILES string of the molecule is Cc1cc(C)cc(C(=O)C2CCOC3(CCOC3)C2)c1. The van der Waals surface area contributed by atoms with Gasteiger partial charge in [0, 0.05) is 31.1 Å². The zero-order valence-corrected chi connectivity index (χ0v) is 12.3. The van der Waals surface area contributed by atoms with Gasteiger partial charge in [0.2, 0.25) is 0 Å². The molecule has 2 saturated heterocycles. The number of rotatable bonds is 2. The van der Waals surface area contributed by atoms with Crippen LogP contribution in [0.15, 0.2) is 18.2 Å². The maximum absolute atomic E-state index is 12.7. The lowest BCUT2D eigenvalue weighted by Gasteiger charge is -2.36. The fourth-order valence-electron chi connectivity index (χ4n) is 3.47. The van der Waals surface area contributed by atoms with Crippen LogP contribution in [0.1, 0.15) is 40.7 Å². The van der Waals surface area contributed by atoms with Crippen LogP contribution in [0.5, 0.6) is 0 Å². The Morgan fingerprint density at radius 3 is 2.60 bits per heavy atom. The second-order valence-electron chi connectivity index (χ2n) is 6.26. The Kier molecular flexibility index (Phi) is 3.65. The molecule has 0 amide bonds. The van der Waals surface area contributed by atoms with Crippen molar-refractivity contribution in [1.29, 1.82) is 0 Å². The minimum Gasteiger partial charge on any atom is -0.378 e.